The van der Waals surface area contributed by atoms with Gasteiger partial charge < -0.3 is 10.5 Å². The molecule has 0 aliphatic carbocycles. The molecule has 0 bridgehead atoms. The summed E-state index contributed by atoms with van der Waals surface area (Å²) in [5.74, 6) is 1.62. The number of fused-ring (bicyclic) bond motifs is 1. The molecule has 0 spiro atoms. The summed E-state index contributed by atoms with van der Waals surface area (Å²) in [6, 6.07) is 21.7. The van der Waals surface area contributed by atoms with Gasteiger partial charge in [-0.3, -0.25) is 0 Å². The summed E-state index contributed by atoms with van der Waals surface area (Å²) in [4.78, 5) is 0. The number of rotatable bonds is 2. The van der Waals surface area contributed by atoms with Crippen molar-refractivity contribution in [2.75, 3.05) is 5.73 Å². The van der Waals surface area contributed by atoms with Gasteiger partial charge in [-0.2, -0.15) is 0 Å². The second-order valence-electron chi connectivity index (χ2n) is 4.18. The van der Waals surface area contributed by atoms with Crippen molar-refractivity contribution in [3.63, 3.8) is 0 Å². The van der Waals surface area contributed by atoms with Crippen LogP contribution in [0.3, 0.4) is 0 Å². The maximum Gasteiger partial charge on any atom is 0.128 e. The molecule has 0 saturated carbocycles. The second kappa shape index (κ2) is 4.41. The van der Waals surface area contributed by atoms with E-state index >= 15 is 0 Å². The molecule has 18 heavy (non-hydrogen) atoms. The smallest absolute Gasteiger partial charge is 0.128 e. The van der Waals surface area contributed by atoms with Crippen LogP contribution in [0.25, 0.3) is 10.8 Å². The van der Waals surface area contributed by atoms with E-state index < -0.39 is 0 Å². The van der Waals surface area contributed by atoms with Crippen LogP contribution in [0.1, 0.15) is 0 Å². The molecule has 3 aromatic rings. The minimum absolute atomic E-state index is 0.737. The maximum atomic E-state index is 5.79. The number of hydrogen-bond acceptors (Lipinski definition) is 2. The average Bonchev–Trinajstić information content (AvgIpc) is 2.41. The van der Waals surface area contributed by atoms with E-state index in [2.05, 4.69) is 18.2 Å². The van der Waals surface area contributed by atoms with Crippen molar-refractivity contribution < 1.29 is 4.74 Å². The first kappa shape index (κ1) is 10.7. The van der Waals surface area contributed by atoms with Crippen molar-refractivity contribution in [2.24, 2.45) is 0 Å². The lowest BCUT2D eigenvalue weighted by Gasteiger charge is -2.07. The Balaban J connectivity index is 1.92. The summed E-state index contributed by atoms with van der Waals surface area (Å²) in [6.07, 6.45) is 0. The molecular formula is C16H13NO. The fraction of sp³-hybridized carbons (Fsp3) is 0. The van der Waals surface area contributed by atoms with Gasteiger partial charge in [0.15, 0.2) is 0 Å². The molecule has 0 aromatic heterocycles. The minimum Gasteiger partial charge on any atom is -0.457 e. The van der Waals surface area contributed by atoms with Crippen LogP contribution in [0, 0.1) is 0 Å². The molecule has 0 heterocycles. The molecule has 2 N–H and O–H groups in total. The Morgan fingerprint density at radius 1 is 0.667 bits per heavy atom. The normalized spacial score (nSPS) is 10.4. The van der Waals surface area contributed by atoms with E-state index in [1.165, 1.54) is 10.8 Å². The van der Waals surface area contributed by atoms with E-state index in [0.29, 0.717) is 0 Å². The van der Waals surface area contributed by atoms with Crippen molar-refractivity contribution in [1.82, 2.24) is 0 Å². The highest BCUT2D eigenvalue weighted by Crippen LogP contribution is 2.25. The van der Waals surface area contributed by atoms with Crippen molar-refractivity contribution >= 4 is 16.5 Å². The van der Waals surface area contributed by atoms with Gasteiger partial charge in [-0.05, 0) is 47.2 Å². The molecule has 2 heteroatoms. The molecule has 0 aliphatic rings. The Kier molecular flexibility index (Phi) is 2.61. The molecule has 0 fully saturated rings. The molecule has 2 nitrogen and oxygen atoms in total. The van der Waals surface area contributed by atoms with Gasteiger partial charge in [0.05, 0.1) is 0 Å². The summed E-state index contributed by atoms with van der Waals surface area (Å²) >= 11 is 0. The predicted octanol–water partition coefficient (Wildman–Crippen LogP) is 4.21. The molecule has 3 aromatic carbocycles. The highest BCUT2D eigenvalue weighted by Gasteiger charge is 1.99. The van der Waals surface area contributed by atoms with Crippen LogP contribution in [0.5, 0.6) is 11.5 Å². The van der Waals surface area contributed by atoms with Crippen LogP contribution >= 0.6 is 0 Å². The molecule has 88 valence electrons. The maximum absolute atomic E-state index is 5.79. The van der Waals surface area contributed by atoms with Gasteiger partial charge in [0.1, 0.15) is 11.5 Å². The first-order valence-electron chi connectivity index (χ1n) is 5.83. The van der Waals surface area contributed by atoms with Crippen LogP contribution in [0.4, 0.5) is 5.69 Å². The molecule has 0 unspecified atom stereocenters. The summed E-state index contributed by atoms with van der Waals surface area (Å²) in [6.45, 7) is 0. The van der Waals surface area contributed by atoms with Crippen molar-refractivity contribution in [3.8, 4) is 11.5 Å². The van der Waals surface area contributed by atoms with E-state index in [1.807, 2.05) is 48.5 Å². The highest BCUT2D eigenvalue weighted by atomic mass is 16.5. The summed E-state index contributed by atoms with van der Waals surface area (Å²) < 4.78 is 5.79. The average molecular weight is 235 g/mol. The van der Waals surface area contributed by atoms with E-state index in [4.69, 9.17) is 10.5 Å². The quantitative estimate of drug-likeness (QED) is 0.675. The van der Waals surface area contributed by atoms with Gasteiger partial charge in [-0.25, -0.2) is 0 Å². The second-order valence-corrected chi connectivity index (χ2v) is 4.18. The number of hydrogen-bond donors (Lipinski definition) is 1. The first-order valence-corrected chi connectivity index (χ1v) is 5.83. The van der Waals surface area contributed by atoms with Crippen molar-refractivity contribution in [1.29, 1.82) is 0 Å². The Morgan fingerprint density at radius 2 is 1.33 bits per heavy atom. The summed E-state index contributed by atoms with van der Waals surface area (Å²) in [5.41, 5.74) is 6.38. The molecule has 0 saturated heterocycles. The van der Waals surface area contributed by atoms with Gasteiger partial charge in [0, 0.05) is 5.69 Å². The summed E-state index contributed by atoms with van der Waals surface area (Å²) in [5, 5.41) is 2.38. The number of ether oxygens (including phenoxy) is 1. The van der Waals surface area contributed by atoms with Crippen LogP contribution in [0.15, 0.2) is 66.7 Å². The number of benzene rings is 3. The largest absolute Gasteiger partial charge is 0.457 e. The number of nitrogen functional groups attached to an aromatic ring is 1. The zero-order valence-electron chi connectivity index (χ0n) is 9.84. The Hall–Kier alpha value is -2.48. The standard InChI is InChI=1S/C16H13NO/c17-14-6-9-15(10-7-14)18-16-8-5-12-3-1-2-4-13(12)11-16/h1-11H,17H2. The molecular weight excluding hydrogens is 222 g/mol. The van der Waals surface area contributed by atoms with E-state index in [1.54, 1.807) is 0 Å². The molecule has 0 radical (unpaired) electrons. The van der Waals surface area contributed by atoms with Crippen LogP contribution in [-0.2, 0) is 0 Å². The fourth-order valence-corrected chi connectivity index (χ4v) is 1.90. The van der Waals surface area contributed by atoms with Gasteiger partial charge in [-0.1, -0.05) is 30.3 Å². The third kappa shape index (κ3) is 2.13. The third-order valence-corrected chi connectivity index (χ3v) is 2.84. The third-order valence-electron chi connectivity index (χ3n) is 2.84. The van der Waals surface area contributed by atoms with E-state index in [-0.39, 0.29) is 0 Å². The summed E-state index contributed by atoms with van der Waals surface area (Å²) in [7, 11) is 0. The van der Waals surface area contributed by atoms with Crippen LogP contribution in [0.2, 0.25) is 0 Å². The Morgan fingerprint density at radius 3 is 2.11 bits per heavy atom. The molecule has 0 atom stereocenters. The minimum atomic E-state index is 0.737. The van der Waals surface area contributed by atoms with Gasteiger partial charge in [0.25, 0.3) is 0 Å². The monoisotopic (exact) mass is 235 g/mol. The Bertz CT molecular complexity index is 674. The zero-order chi connectivity index (χ0) is 12.4. The van der Waals surface area contributed by atoms with Gasteiger partial charge in [-0.15, -0.1) is 0 Å². The van der Waals surface area contributed by atoms with E-state index in [0.717, 1.165) is 17.2 Å². The number of nitrogens with two attached hydrogens (primary N) is 1. The van der Waals surface area contributed by atoms with E-state index in [9.17, 15) is 0 Å². The lowest BCUT2D eigenvalue weighted by Crippen LogP contribution is -1.86. The molecule has 0 amide bonds. The van der Waals surface area contributed by atoms with Crippen molar-refractivity contribution in [3.05, 3.63) is 66.7 Å². The van der Waals surface area contributed by atoms with Crippen LogP contribution < -0.4 is 10.5 Å². The van der Waals surface area contributed by atoms with Gasteiger partial charge >= 0.3 is 0 Å². The Labute approximate surface area is 106 Å². The topological polar surface area (TPSA) is 35.2 Å². The first-order chi connectivity index (χ1) is 8.81. The number of anilines is 1. The lowest BCUT2D eigenvalue weighted by atomic mass is 10.1. The highest BCUT2D eigenvalue weighted by molar-refractivity contribution is 5.83. The molecule has 0 aliphatic heterocycles. The fourth-order valence-electron chi connectivity index (χ4n) is 1.90. The van der Waals surface area contributed by atoms with Crippen LogP contribution in [-0.4, -0.2) is 0 Å². The predicted molar refractivity (Wildman–Crippen MR) is 74.9 cm³/mol. The van der Waals surface area contributed by atoms with Gasteiger partial charge in [0.2, 0.25) is 0 Å². The SMILES string of the molecule is Nc1ccc(Oc2ccc3ccccc3c2)cc1. The van der Waals surface area contributed by atoms with Crippen molar-refractivity contribution in [2.45, 2.75) is 0 Å². The zero-order valence-corrected chi connectivity index (χ0v) is 9.84. The lowest BCUT2D eigenvalue weighted by molar-refractivity contribution is 0.483. The molecule has 3 rings (SSSR count).